The van der Waals surface area contributed by atoms with E-state index in [-0.39, 0.29) is 12.2 Å². The minimum absolute atomic E-state index is 0.0416. The Hall–Kier alpha value is -3.42. The predicted molar refractivity (Wildman–Crippen MR) is 122 cm³/mol. The summed E-state index contributed by atoms with van der Waals surface area (Å²) >= 11 is 7.66. The van der Waals surface area contributed by atoms with Crippen LogP contribution in [0.25, 0.3) is 0 Å². The SMILES string of the molecule is CCOC(=O)c1ccc(N2C(=O)C(O)=C(C(=O)c3cccs3)C2c2ccccc2Cl)cc1. The van der Waals surface area contributed by atoms with Gasteiger partial charge in [-0.2, -0.15) is 0 Å². The van der Waals surface area contributed by atoms with E-state index in [9.17, 15) is 19.5 Å². The minimum atomic E-state index is -0.931. The minimum Gasteiger partial charge on any atom is -0.503 e. The first kappa shape index (κ1) is 21.8. The quantitative estimate of drug-likeness (QED) is 0.389. The highest BCUT2D eigenvalue weighted by Crippen LogP contribution is 2.44. The average molecular weight is 468 g/mol. The molecular formula is C24H18ClNO5S. The number of nitrogens with zero attached hydrogens (tertiary/aromatic N) is 1. The molecule has 0 spiro atoms. The van der Waals surface area contributed by atoms with Gasteiger partial charge in [-0.05, 0) is 54.3 Å². The molecule has 1 aliphatic heterocycles. The molecule has 0 saturated carbocycles. The highest BCUT2D eigenvalue weighted by Gasteiger charge is 2.45. The van der Waals surface area contributed by atoms with E-state index in [4.69, 9.17) is 16.3 Å². The van der Waals surface area contributed by atoms with Crippen LogP contribution in [0.3, 0.4) is 0 Å². The maximum Gasteiger partial charge on any atom is 0.338 e. The molecule has 0 aliphatic carbocycles. The molecule has 6 nitrogen and oxygen atoms in total. The molecule has 0 saturated heterocycles. The molecule has 2 heterocycles. The van der Waals surface area contributed by atoms with E-state index < -0.39 is 29.5 Å². The van der Waals surface area contributed by atoms with Crippen molar-refractivity contribution in [2.24, 2.45) is 0 Å². The van der Waals surface area contributed by atoms with Gasteiger partial charge in [0.05, 0.1) is 28.7 Å². The number of esters is 1. The number of rotatable bonds is 6. The Balaban J connectivity index is 1.82. The lowest BCUT2D eigenvalue weighted by Crippen LogP contribution is -2.31. The van der Waals surface area contributed by atoms with Gasteiger partial charge < -0.3 is 9.84 Å². The largest absolute Gasteiger partial charge is 0.503 e. The number of carbonyl (C=O) groups excluding carboxylic acids is 3. The Kier molecular flexibility index (Phi) is 6.12. The number of benzene rings is 2. The Morgan fingerprint density at radius 1 is 1.09 bits per heavy atom. The van der Waals surface area contributed by atoms with Gasteiger partial charge in [-0.15, -0.1) is 11.3 Å². The maximum atomic E-state index is 13.3. The molecule has 8 heteroatoms. The smallest absolute Gasteiger partial charge is 0.338 e. The van der Waals surface area contributed by atoms with Crippen molar-refractivity contribution in [3.63, 3.8) is 0 Å². The summed E-state index contributed by atoms with van der Waals surface area (Å²) in [6.07, 6.45) is 0. The number of aliphatic hydroxyl groups excluding tert-OH is 1. The summed E-state index contributed by atoms with van der Waals surface area (Å²) in [7, 11) is 0. The Bertz CT molecular complexity index is 1220. The van der Waals surface area contributed by atoms with E-state index in [1.165, 1.54) is 28.4 Å². The van der Waals surface area contributed by atoms with Crippen LogP contribution in [0.4, 0.5) is 5.69 Å². The summed E-state index contributed by atoms with van der Waals surface area (Å²) in [6.45, 7) is 1.95. The van der Waals surface area contributed by atoms with Crippen molar-refractivity contribution in [3.8, 4) is 0 Å². The van der Waals surface area contributed by atoms with Crippen molar-refractivity contribution in [2.75, 3.05) is 11.5 Å². The number of hydrogen-bond donors (Lipinski definition) is 1. The van der Waals surface area contributed by atoms with Crippen LogP contribution in [0.15, 0.2) is 77.4 Å². The van der Waals surface area contributed by atoms with Crippen molar-refractivity contribution in [3.05, 3.63) is 98.4 Å². The molecule has 1 aliphatic rings. The fourth-order valence-electron chi connectivity index (χ4n) is 3.61. The molecule has 1 amide bonds. The van der Waals surface area contributed by atoms with E-state index in [1.54, 1.807) is 60.8 Å². The second kappa shape index (κ2) is 8.98. The van der Waals surface area contributed by atoms with Gasteiger partial charge in [-0.3, -0.25) is 14.5 Å². The number of anilines is 1. The molecule has 32 heavy (non-hydrogen) atoms. The zero-order valence-electron chi connectivity index (χ0n) is 16.9. The van der Waals surface area contributed by atoms with Crippen LogP contribution in [-0.4, -0.2) is 29.4 Å². The fourth-order valence-corrected chi connectivity index (χ4v) is 4.52. The lowest BCUT2D eigenvalue weighted by molar-refractivity contribution is -0.117. The summed E-state index contributed by atoms with van der Waals surface area (Å²) in [4.78, 5) is 40.1. The first-order valence-electron chi connectivity index (χ1n) is 9.80. The molecular weight excluding hydrogens is 450 g/mol. The molecule has 0 fully saturated rings. The van der Waals surface area contributed by atoms with Crippen LogP contribution in [0.2, 0.25) is 5.02 Å². The molecule has 0 radical (unpaired) electrons. The maximum absolute atomic E-state index is 13.3. The van der Waals surface area contributed by atoms with Crippen molar-refractivity contribution in [2.45, 2.75) is 13.0 Å². The van der Waals surface area contributed by atoms with Crippen LogP contribution in [0.1, 0.15) is 38.6 Å². The van der Waals surface area contributed by atoms with E-state index in [2.05, 4.69) is 0 Å². The second-order valence-electron chi connectivity index (χ2n) is 6.94. The third kappa shape index (κ3) is 3.81. The van der Waals surface area contributed by atoms with Gasteiger partial charge in [0.25, 0.3) is 5.91 Å². The lowest BCUT2D eigenvalue weighted by atomic mass is 9.95. The van der Waals surface area contributed by atoms with Crippen LogP contribution in [0.5, 0.6) is 0 Å². The summed E-state index contributed by atoms with van der Waals surface area (Å²) in [5.41, 5.74) is 1.18. The third-order valence-corrected chi connectivity index (χ3v) is 6.27. The van der Waals surface area contributed by atoms with E-state index in [0.29, 0.717) is 26.7 Å². The number of thiophene rings is 1. The van der Waals surface area contributed by atoms with Gasteiger partial charge in [-0.1, -0.05) is 35.9 Å². The van der Waals surface area contributed by atoms with Gasteiger partial charge >= 0.3 is 5.97 Å². The first-order chi connectivity index (χ1) is 15.4. The van der Waals surface area contributed by atoms with Gasteiger partial charge in [0.15, 0.2) is 5.76 Å². The van der Waals surface area contributed by atoms with E-state index in [1.807, 2.05) is 0 Å². The number of ether oxygens (including phenoxy) is 1. The molecule has 1 aromatic heterocycles. The van der Waals surface area contributed by atoms with Crippen molar-refractivity contribution >= 4 is 46.3 Å². The Labute approximate surface area is 193 Å². The number of carbonyl (C=O) groups is 3. The van der Waals surface area contributed by atoms with E-state index >= 15 is 0 Å². The molecule has 1 unspecified atom stereocenters. The van der Waals surface area contributed by atoms with Crippen LogP contribution >= 0.6 is 22.9 Å². The van der Waals surface area contributed by atoms with Crippen molar-refractivity contribution < 1.29 is 24.2 Å². The van der Waals surface area contributed by atoms with Crippen LogP contribution < -0.4 is 4.90 Å². The average Bonchev–Trinajstić information content (AvgIpc) is 3.42. The van der Waals surface area contributed by atoms with Crippen LogP contribution in [0, 0.1) is 0 Å². The van der Waals surface area contributed by atoms with Gasteiger partial charge in [0, 0.05) is 10.7 Å². The highest BCUT2D eigenvalue weighted by molar-refractivity contribution is 7.12. The molecule has 4 rings (SSSR count). The predicted octanol–water partition coefficient (Wildman–Crippen LogP) is 5.36. The fraction of sp³-hybridized carbons (Fsp3) is 0.125. The summed E-state index contributed by atoms with van der Waals surface area (Å²) in [6, 6.07) is 15.5. The third-order valence-electron chi connectivity index (χ3n) is 5.05. The standard InChI is InChI=1S/C24H18ClNO5S/c1-2-31-24(30)14-9-11-15(12-10-14)26-20(16-6-3-4-7-17(16)25)19(22(28)23(26)29)21(27)18-8-5-13-32-18/h3-13,20,28H,2H2,1H3. The number of aliphatic hydroxyl groups is 1. The number of halogens is 1. The topological polar surface area (TPSA) is 83.9 Å². The van der Waals surface area contributed by atoms with Gasteiger partial charge in [0.1, 0.15) is 0 Å². The zero-order valence-corrected chi connectivity index (χ0v) is 18.5. The van der Waals surface area contributed by atoms with E-state index in [0.717, 1.165) is 0 Å². The number of hydrogen-bond acceptors (Lipinski definition) is 6. The lowest BCUT2D eigenvalue weighted by Gasteiger charge is -2.27. The molecule has 162 valence electrons. The molecule has 0 bridgehead atoms. The number of amides is 1. The zero-order chi connectivity index (χ0) is 22.8. The number of ketones is 1. The molecule has 1 N–H and O–H groups in total. The van der Waals surface area contributed by atoms with Crippen molar-refractivity contribution in [1.29, 1.82) is 0 Å². The molecule has 1 atom stereocenters. The summed E-state index contributed by atoms with van der Waals surface area (Å²) in [5.74, 6) is -2.27. The Morgan fingerprint density at radius 2 is 1.81 bits per heavy atom. The van der Waals surface area contributed by atoms with Gasteiger partial charge in [0.2, 0.25) is 5.78 Å². The van der Waals surface area contributed by atoms with Crippen LogP contribution in [-0.2, 0) is 9.53 Å². The Morgan fingerprint density at radius 3 is 2.44 bits per heavy atom. The normalized spacial score (nSPS) is 15.9. The van der Waals surface area contributed by atoms with Gasteiger partial charge in [-0.25, -0.2) is 4.79 Å². The summed E-state index contributed by atoms with van der Waals surface area (Å²) in [5, 5.41) is 12.8. The first-order valence-corrected chi connectivity index (χ1v) is 11.1. The highest BCUT2D eigenvalue weighted by atomic mass is 35.5. The molecule has 2 aromatic carbocycles. The molecule has 3 aromatic rings. The summed E-state index contributed by atoms with van der Waals surface area (Å²) < 4.78 is 5.00. The number of Topliss-reactive ketones (excluding diaryl/α,β-unsaturated/α-hetero) is 1. The second-order valence-corrected chi connectivity index (χ2v) is 8.29. The van der Waals surface area contributed by atoms with Crippen molar-refractivity contribution in [1.82, 2.24) is 0 Å². The monoisotopic (exact) mass is 467 g/mol.